The van der Waals surface area contributed by atoms with Crippen molar-refractivity contribution in [3.63, 3.8) is 0 Å². The Bertz CT molecular complexity index is 838. The number of aromatic hydroxyl groups is 2. The summed E-state index contributed by atoms with van der Waals surface area (Å²) in [6, 6.07) is 7.34. The highest BCUT2D eigenvalue weighted by molar-refractivity contribution is 6.07. The van der Waals surface area contributed by atoms with Crippen LogP contribution in [-0.4, -0.2) is 36.0 Å². The molecule has 0 spiro atoms. The number of benzene rings is 2. The SMILES string of the molecule is COc1ccc(C[C@H]2COc3c(C=O)c(O)c(C)c(O)c3C2=O)cc1. The summed E-state index contributed by atoms with van der Waals surface area (Å²) in [4.78, 5) is 24.1. The lowest BCUT2D eigenvalue weighted by molar-refractivity contribution is 0.0824. The summed E-state index contributed by atoms with van der Waals surface area (Å²) < 4.78 is 10.7. The average molecular weight is 342 g/mol. The molecule has 6 nitrogen and oxygen atoms in total. The standard InChI is InChI=1S/C19H18O6/c1-10-16(21)14(8-20)19-15(17(10)22)18(23)12(9-25-19)7-11-3-5-13(24-2)6-4-11/h3-6,8,12,21-22H,7,9H2,1-2H3/t12-/m0/s1. The van der Waals surface area contributed by atoms with Gasteiger partial charge in [-0.1, -0.05) is 12.1 Å². The minimum atomic E-state index is -0.491. The fourth-order valence-electron chi connectivity index (χ4n) is 3.00. The van der Waals surface area contributed by atoms with Crippen LogP contribution in [0.2, 0.25) is 0 Å². The van der Waals surface area contributed by atoms with Gasteiger partial charge in [-0.3, -0.25) is 9.59 Å². The van der Waals surface area contributed by atoms with E-state index in [1.165, 1.54) is 6.92 Å². The van der Waals surface area contributed by atoms with E-state index < -0.39 is 5.92 Å². The second-order valence-electron chi connectivity index (χ2n) is 5.98. The summed E-state index contributed by atoms with van der Waals surface area (Å²) in [6.07, 6.45) is 0.857. The topological polar surface area (TPSA) is 93.1 Å². The third-order valence-electron chi connectivity index (χ3n) is 4.48. The Labute approximate surface area is 144 Å². The Morgan fingerprint density at radius 3 is 2.52 bits per heavy atom. The van der Waals surface area contributed by atoms with E-state index >= 15 is 0 Å². The van der Waals surface area contributed by atoms with Crippen molar-refractivity contribution >= 4 is 12.1 Å². The van der Waals surface area contributed by atoms with Crippen molar-refractivity contribution in [3.05, 3.63) is 46.5 Å². The minimum absolute atomic E-state index is 0.0397. The molecule has 2 N–H and O–H groups in total. The first kappa shape index (κ1) is 16.8. The van der Waals surface area contributed by atoms with Crippen LogP contribution in [0.15, 0.2) is 24.3 Å². The zero-order chi connectivity index (χ0) is 18.1. The van der Waals surface area contributed by atoms with Crippen molar-refractivity contribution in [1.82, 2.24) is 0 Å². The molecule has 1 heterocycles. The van der Waals surface area contributed by atoms with Crippen LogP contribution in [0.5, 0.6) is 23.0 Å². The quantitative estimate of drug-likeness (QED) is 0.830. The lowest BCUT2D eigenvalue weighted by atomic mass is 9.87. The van der Waals surface area contributed by atoms with Gasteiger partial charge in [0.25, 0.3) is 0 Å². The van der Waals surface area contributed by atoms with Crippen molar-refractivity contribution in [2.75, 3.05) is 13.7 Å². The molecule has 0 radical (unpaired) electrons. The molecule has 2 aromatic carbocycles. The largest absolute Gasteiger partial charge is 0.507 e. The van der Waals surface area contributed by atoms with E-state index in [1.807, 2.05) is 24.3 Å². The first-order chi connectivity index (χ1) is 12.0. The van der Waals surface area contributed by atoms with Gasteiger partial charge in [0, 0.05) is 5.56 Å². The van der Waals surface area contributed by atoms with Gasteiger partial charge in [-0.05, 0) is 31.0 Å². The number of carbonyl (C=O) groups is 2. The van der Waals surface area contributed by atoms with Gasteiger partial charge in [-0.25, -0.2) is 0 Å². The molecule has 1 aliphatic heterocycles. The van der Waals surface area contributed by atoms with Gasteiger partial charge in [0.05, 0.1) is 25.2 Å². The molecule has 0 fully saturated rings. The number of Topliss-reactive ketones (excluding diaryl/α,β-unsaturated/α-hetero) is 1. The Morgan fingerprint density at radius 2 is 1.92 bits per heavy atom. The van der Waals surface area contributed by atoms with E-state index in [-0.39, 0.29) is 46.3 Å². The molecule has 130 valence electrons. The van der Waals surface area contributed by atoms with Crippen LogP contribution in [-0.2, 0) is 6.42 Å². The maximum absolute atomic E-state index is 12.8. The third-order valence-corrected chi connectivity index (χ3v) is 4.48. The van der Waals surface area contributed by atoms with Crippen LogP contribution in [0.1, 0.15) is 31.8 Å². The summed E-state index contributed by atoms with van der Waals surface area (Å²) >= 11 is 0. The van der Waals surface area contributed by atoms with E-state index in [2.05, 4.69) is 0 Å². The fraction of sp³-hybridized carbons (Fsp3) is 0.263. The summed E-state index contributed by atoms with van der Waals surface area (Å²) in [7, 11) is 1.58. The van der Waals surface area contributed by atoms with E-state index in [0.29, 0.717) is 12.7 Å². The second kappa shape index (κ2) is 6.47. The lowest BCUT2D eigenvalue weighted by Crippen LogP contribution is -2.30. The zero-order valence-corrected chi connectivity index (χ0v) is 13.9. The molecule has 0 saturated heterocycles. The highest BCUT2D eigenvalue weighted by atomic mass is 16.5. The first-order valence-electron chi connectivity index (χ1n) is 7.81. The second-order valence-corrected chi connectivity index (χ2v) is 5.98. The van der Waals surface area contributed by atoms with E-state index in [4.69, 9.17) is 9.47 Å². The molecule has 25 heavy (non-hydrogen) atoms. The molecule has 1 aliphatic rings. The van der Waals surface area contributed by atoms with Crippen LogP contribution in [0, 0.1) is 12.8 Å². The molecule has 1 atom stereocenters. The molecule has 3 rings (SSSR count). The van der Waals surface area contributed by atoms with Crippen LogP contribution in [0.3, 0.4) is 0 Å². The van der Waals surface area contributed by atoms with Gasteiger partial charge in [0.1, 0.15) is 28.6 Å². The van der Waals surface area contributed by atoms with Gasteiger partial charge in [-0.2, -0.15) is 0 Å². The summed E-state index contributed by atoms with van der Waals surface area (Å²) in [5.74, 6) is -0.836. The van der Waals surface area contributed by atoms with E-state index in [1.54, 1.807) is 7.11 Å². The number of carbonyl (C=O) groups excluding carboxylic acids is 2. The zero-order valence-electron chi connectivity index (χ0n) is 13.9. The van der Waals surface area contributed by atoms with Gasteiger partial charge in [0.15, 0.2) is 12.1 Å². The van der Waals surface area contributed by atoms with Crippen LogP contribution >= 0.6 is 0 Å². The predicted molar refractivity (Wildman–Crippen MR) is 89.9 cm³/mol. The van der Waals surface area contributed by atoms with E-state index in [0.717, 1.165) is 11.3 Å². The van der Waals surface area contributed by atoms with Gasteiger partial charge < -0.3 is 19.7 Å². The number of rotatable bonds is 4. The maximum Gasteiger partial charge on any atom is 0.177 e. The number of phenolic OH excluding ortho intramolecular Hbond substituents is 2. The Hall–Kier alpha value is -3.02. The van der Waals surface area contributed by atoms with Gasteiger partial charge in [0.2, 0.25) is 0 Å². The number of aldehydes is 1. The smallest absolute Gasteiger partial charge is 0.177 e. The molecular formula is C19H18O6. The molecular weight excluding hydrogens is 324 g/mol. The fourth-order valence-corrected chi connectivity index (χ4v) is 3.00. The van der Waals surface area contributed by atoms with Crippen molar-refractivity contribution in [2.24, 2.45) is 5.92 Å². The molecule has 0 aromatic heterocycles. The molecule has 0 saturated carbocycles. The molecule has 0 bridgehead atoms. The van der Waals surface area contributed by atoms with Gasteiger partial charge >= 0.3 is 0 Å². The number of fused-ring (bicyclic) bond motifs is 1. The summed E-state index contributed by atoms with van der Waals surface area (Å²) in [5.41, 5.74) is 0.864. The van der Waals surface area contributed by atoms with Crippen molar-refractivity contribution < 1.29 is 29.3 Å². The van der Waals surface area contributed by atoms with Gasteiger partial charge in [-0.15, -0.1) is 0 Å². The minimum Gasteiger partial charge on any atom is -0.507 e. The normalized spacial score (nSPS) is 16.1. The molecule has 0 unspecified atom stereocenters. The van der Waals surface area contributed by atoms with Crippen LogP contribution in [0.25, 0.3) is 0 Å². The lowest BCUT2D eigenvalue weighted by Gasteiger charge is -2.27. The Morgan fingerprint density at radius 1 is 1.24 bits per heavy atom. The monoisotopic (exact) mass is 342 g/mol. The summed E-state index contributed by atoms with van der Waals surface area (Å²) in [5, 5.41) is 20.3. The molecule has 0 amide bonds. The first-order valence-corrected chi connectivity index (χ1v) is 7.81. The number of phenols is 2. The summed E-state index contributed by atoms with van der Waals surface area (Å²) in [6.45, 7) is 1.51. The highest BCUT2D eigenvalue weighted by Crippen LogP contribution is 2.44. The highest BCUT2D eigenvalue weighted by Gasteiger charge is 2.35. The van der Waals surface area contributed by atoms with Crippen molar-refractivity contribution in [2.45, 2.75) is 13.3 Å². The number of methoxy groups -OCH3 is 1. The Balaban J connectivity index is 1.95. The molecule has 6 heteroatoms. The maximum atomic E-state index is 12.8. The van der Waals surface area contributed by atoms with Crippen molar-refractivity contribution in [3.8, 4) is 23.0 Å². The number of hydrogen-bond donors (Lipinski definition) is 2. The number of ether oxygens (including phenoxy) is 2. The molecule has 2 aromatic rings. The third kappa shape index (κ3) is 2.80. The Kier molecular flexibility index (Phi) is 4.35. The van der Waals surface area contributed by atoms with Crippen LogP contribution in [0.4, 0.5) is 0 Å². The van der Waals surface area contributed by atoms with Crippen molar-refractivity contribution in [1.29, 1.82) is 0 Å². The predicted octanol–water partition coefficient (Wildman–Crippen LogP) is 2.66. The average Bonchev–Trinajstić information content (AvgIpc) is 2.63. The molecule has 0 aliphatic carbocycles. The number of ketones is 1. The number of hydrogen-bond acceptors (Lipinski definition) is 6. The van der Waals surface area contributed by atoms with E-state index in [9.17, 15) is 19.8 Å². The van der Waals surface area contributed by atoms with Crippen LogP contribution < -0.4 is 9.47 Å².